The first-order valence-electron chi connectivity index (χ1n) is 6.67. The van der Waals surface area contributed by atoms with Crippen LogP contribution in [0.25, 0.3) is 10.9 Å². The van der Waals surface area contributed by atoms with Crippen LogP contribution in [0.15, 0.2) is 24.4 Å². The van der Waals surface area contributed by atoms with Crippen molar-refractivity contribution in [2.75, 3.05) is 19.3 Å². The number of fused-ring (bicyclic) bond motifs is 1. The summed E-state index contributed by atoms with van der Waals surface area (Å²) in [5.74, 6) is 0.366. The molecule has 0 amide bonds. The predicted octanol–water partition coefficient (Wildman–Crippen LogP) is 2.96. The molecule has 0 spiro atoms. The van der Waals surface area contributed by atoms with Gasteiger partial charge in [-0.05, 0) is 42.5 Å². The first-order valence-corrected chi connectivity index (χ1v) is 8.89. The molecule has 1 aliphatic heterocycles. The number of H-pyrrole nitrogens is 1. The van der Waals surface area contributed by atoms with E-state index in [1.165, 1.54) is 17.2 Å². The highest BCUT2D eigenvalue weighted by Crippen LogP contribution is 2.35. The molecule has 1 aliphatic rings. The minimum absolute atomic E-state index is 0.366. The Kier molecular flexibility index (Phi) is 3.52. The van der Waals surface area contributed by atoms with Crippen LogP contribution in [-0.2, 0) is 10.0 Å². The van der Waals surface area contributed by atoms with Gasteiger partial charge in [-0.15, -0.1) is 0 Å². The predicted molar refractivity (Wildman–Crippen MR) is 81.7 cm³/mol. The zero-order valence-electron chi connectivity index (χ0n) is 11.3. The normalized spacial score (nSPS) is 18.7. The summed E-state index contributed by atoms with van der Waals surface area (Å²) in [6.07, 6.45) is 4.87. The lowest BCUT2D eigenvalue weighted by Crippen LogP contribution is -2.37. The molecule has 6 heteroatoms. The van der Waals surface area contributed by atoms with E-state index < -0.39 is 10.0 Å². The fraction of sp³-hybridized carbons (Fsp3) is 0.429. The third-order valence-electron chi connectivity index (χ3n) is 4.03. The van der Waals surface area contributed by atoms with Crippen molar-refractivity contribution in [2.24, 2.45) is 0 Å². The Morgan fingerprint density at radius 2 is 2.00 bits per heavy atom. The fourth-order valence-electron chi connectivity index (χ4n) is 3.00. The van der Waals surface area contributed by atoms with Crippen LogP contribution in [0.4, 0.5) is 0 Å². The van der Waals surface area contributed by atoms with Gasteiger partial charge in [0.2, 0.25) is 10.0 Å². The van der Waals surface area contributed by atoms with Crippen molar-refractivity contribution in [3.05, 3.63) is 35.0 Å². The average Bonchev–Trinajstić information content (AvgIpc) is 2.85. The number of aromatic nitrogens is 1. The Bertz CT molecular complexity index is 731. The number of benzene rings is 1. The van der Waals surface area contributed by atoms with Crippen LogP contribution in [0.3, 0.4) is 0 Å². The molecule has 0 bridgehead atoms. The number of hydrogen-bond acceptors (Lipinski definition) is 2. The highest BCUT2D eigenvalue weighted by molar-refractivity contribution is 7.88. The molecule has 4 nitrogen and oxygen atoms in total. The van der Waals surface area contributed by atoms with E-state index in [4.69, 9.17) is 11.6 Å². The van der Waals surface area contributed by atoms with Gasteiger partial charge in [-0.1, -0.05) is 11.6 Å². The van der Waals surface area contributed by atoms with E-state index in [2.05, 4.69) is 11.1 Å². The zero-order chi connectivity index (χ0) is 14.3. The second kappa shape index (κ2) is 5.06. The smallest absolute Gasteiger partial charge is 0.211 e. The molecule has 20 heavy (non-hydrogen) atoms. The van der Waals surface area contributed by atoms with E-state index in [-0.39, 0.29) is 0 Å². The summed E-state index contributed by atoms with van der Waals surface area (Å²) in [7, 11) is -3.07. The van der Waals surface area contributed by atoms with Crippen molar-refractivity contribution in [1.29, 1.82) is 0 Å². The Morgan fingerprint density at radius 3 is 2.65 bits per heavy atom. The van der Waals surface area contributed by atoms with Crippen LogP contribution in [0.1, 0.15) is 24.3 Å². The number of halogens is 1. The molecule has 3 rings (SSSR count). The van der Waals surface area contributed by atoms with Crippen molar-refractivity contribution in [1.82, 2.24) is 9.29 Å². The second-order valence-corrected chi connectivity index (χ2v) is 7.79. The summed E-state index contributed by atoms with van der Waals surface area (Å²) in [6.45, 7) is 1.17. The van der Waals surface area contributed by atoms with Crippen LogP contribution < -0.4 is 0 Å². The summed E-state index contributed by atoms with van der Waals surface area (Å²) in [5.41, 5.74) is 2.26. The Morgan fingerprint density at radius 1 is 1.30 bits per heavy atom. The van der Waals surface area contributed by atoms with Gasteiger partial charge in [0, 0.05) is 35.2 Å². The Hall–Kier alpha value is -1.04. The van der Waals surface area contributed by atoms with E-state index in [1.54, 1.807) is 4.31 Å². The fourth-order valence-corrected chi connectivity index (χ4v) is 4.10. The number of hydrogen-bond donors (Lipinski definition) is 1. The molecule has 1 fully saturated rings. The maximum Gasteiger partial charge on any atom is 0.211 e. The van der Waals surface area contributed by atoms with E-state index in [1.807, 2.05) is 18.3 Å². The Balaban J connectivity index is 1.89. The second-order valence-electron chi connectivity index (χ2n) is 5.37. The van der Waals surface area contributed by atoms with Crippen LogP contribution in [0.2, 0.25) is 5.02 Å². The van der Waals surface area contributed by atoms with E-state index in [0.717, 1.165) is 23.4 Å². The quantitative estimate of drug-likeness (QED) is 0.927. The van der Waals surface area contributed by atoms with Gasteiger partial charge in [0.15, 0.2) is 0 Å². The molecule has 2 heterocycles. The summed E-state index contributed by atoms with van der Waals surface area (Å²) in [4.78, 5) is 3.18. The SMILES string of the molecule is CS(=O)(=O)N1CCC(c2cc(Cl)cc3[nH]ccc23)CC1. The van der Waals surface area contributed by atoms with Gasteiger partial charge in [0.05, 0.1) is 6.26 Å². The van der Waals surface area contributed by atoms with Gasteiger partial charge >= 0.3 is 0 Å². The van der Waals surface area contributed by atoms with Crippen molar-refractivity contribution in [3.8, 4) is 0 Å². The van der Waals surface area contributed by atoms with Gasteiger partial charge in [0.1, 0.15) is 0 Å². The average molecular weight is 313 g/mol. The number of sulfonamides is 1. The maximum atomic E-state index is 11.6. The van der Waals surface area contributed by atoms with Crippen molar-refractivity contribution < 1.29 is 8.42 Å². The molecule has 0 unspecified atom stereocenters. The zero-order valence-corrected chi connectivity index (χ0v) is 12.8. The molecule has 0 atom stereocenters. The lowest BCUT2D eigenvalue weighted by molar-refractivity contribution is 0.322. The van der Waals surface area contributed by atoms with Crippen LogP contribution in [0, 0.1) is 0 Å². The molecule has 0 aliphatic carbocycles. The van der Waals surface area contributed by atoms with E-state index >= 15 is 0 Å². The molecule has 0 radical (unpaired) electrons. The third kappa shape index (κ3) is 2.57. The van der Waals surface area contributed by atoms with E-state index in [0.29, 0.717) is 19.0 Å². The van der Waals surface area contributed by atoms with Gasteiger partial charge in [-0.2, -0.15) is 0 Å². The Labute approximate surface area is 123 Å². The van der Waals surface area contributed by atoms with Gasteiger partial charge in [-0.3, -0.25) is 0 Å². The van der Waals surface area contributed by atoms with Crippen LogP contribution in [-0.4, -0.2) is 37.1 Å². The molecule has 0 saturated carbocycles. The third-order valence-corrected chi connectivity index (χ3v) is 5.55. The summed E-state index contributed by atoms with van der Waals surface area (Å²) in [6, 6.07) is 5.99. The first kappa shape index (κ1) is 13.9. The van der Waals surface area contributed by atoms with Crippen LogP contribution in [0.5, 0.6) is 0 Å². The van der Waals surface area contributed by atoms with Crippen LogP contribution >= 0.6 is 11.6 Å². The molecule has 108 valence electrons. The number of nitrogens with zero attached hydrogens (tertiary/aromatic N) is 1. The number of aromatic amines is 1. The molecule has 2 aromatic rings. The standard InChI is InChI=1S/C14H17ClN2O2S/c1-20(18,19)17-6-3-10(4-7-17)13-8-11(15)9-14-12(13)2-5-16-14/h2,5,8-10,16H,3-4,6-7H2,1H3. The molecule has 1 N–H and O–H groups in total. The minimum Gasteiger partial charge on any atom is -0.361 e. The van der Waals surface area contributed by atoms with Gasteiger partial charge < -0.3 is 4.98 Å². The lowest BCUT2D eigenvalue weighted by Gasteiger charge is -2.30. The molecule has 1 aromatic carbocycles. The number of rotatable bonds is 2. The van der Waals surface area contributed by atoms with Crippen molar-refractivity contribution in [2.45, 2.75) is 18.8 Å². The number of nitrogens with one attached hydrogen (secondary N) is 1. The van der Waals surface area contributed by atoms with Gasteiger partial charge in [0.25, 0.3) is 0 Å². The van der Waals surface area contributed by atoms with Crippen molar-refractivity contribution in [3.63, 3.8) is 0 Å². The molecular formula is C14H17ClN2O2S. The van der Waals surface area contributed by atoms with Crippen molar-refractivity contribution >= 4 is 32.5 Å². The first-order chi connectivity index (χ1) is 9.45. The molecule has 1 saturated heterocycles. The number of piperidine rings is 1. The highest BCUT2D eigenvalue weighted by Gasteiger charge is 2.26. The molecule has 1 aromatic heterocycles. The maximum absolute atomic E-state index is 11.6. The molecular weight excluding hydrogens is 296 g/mol. The largest absolute Gasteiger partial charge is 0.361 e. The lowest BCUT2D eigenvalue weighted by atomic mass is 9.88. The monoisotopic (exact) mass is 312 g/mol. The van der Waals surface area contributed by atoms with Gasteiger partial charge in [-0.25, -0.2) is 12.7 Å². The summed E-state index contributed by atoms with van der Waals surface area (Å²) < 4.78 is 24.7. The minimum atomic E-state index is -3.07. The highest BCUT2D eigenvalue weighted by atomic mass is 35.5. The topological polar surface area (TPSA) is 53.2 Å². The summed E-state index contributed by atoms with van der Waals surface area (Å²) >= 11 is 6.17. The summed E-state index contributed by atoms with van der Waals surface area (Å²) in [5, 5.41) is 1.91. The van der Waals surface area contributed by atoms with E-state index in [9.17, 15) is 8.42 Å².